The molecule has 2 amide bonds. The molecule has 0 atom stereocenters. The lowest BCUT2D eigenvalue weighted by Crippen LogP contribution is -2.51. The molecule has 17 heavy (non-hydrogen) atoms. The van der Waals surface area contributed by atoms with Crippen LogP contribution in [0.5, 0.6) is 0 Å². The van der Waals surface area contributed by atoms with Crippen molar-refractivity contribution in [2.24, 2.45) is 0 Å². The molecule has 1 rings (SSSR count). The van der Waals surface area contributed by atoms with Crippen molar-refractivity contribution < 1.29 is 14.7 Å². The van der Waals surface area contributed by atoms with Crippen LogP contribution < -0.4 is 10.6 Å². The summed E-state index contributed by atoms with van der Waals surface area (Å²) < 4.78 is 0. The quantitative estimate of drug-likeness (QED) is 0.639. The van der Waals surface area contributed by atoms with Gasteiger partial charge in [-0.3, -0.25) is 4.79 Å². The molecule has 0 heterocycles. The number of urea groups is 1. The minimum absolute atomic E-state index is 0.00646. The third-order valence-electron chi connectivity index (χ3n) is 2.98. The van der Waals surface area contributed by atoms with Gasteiger partial charge in [-0.1, -0.05) is 25.0 Å². The van der Waals surface area contributed by atoms with Gasteiger partial charge in [-0.15, -0.1) is 0 Å². The van der Waals surface area contributed by atoms with E-state index in [1.165, 1.54) is 0 Å². The van der Waals surface area contributed by atoms with Crippen LogP contribution in [0.2, 0.25) is 0 Å². The smallest absolute Gasteiger partial charge is 0.315 e. The molecule has 3 N–H and O–H groups in total. The van der Waals surface area contributed by atoms with E-state index in [2.05, 4.69) is 17.2 Å². The summed E-state index contributed by atoms with van der Waals surface area (Å²) in [6.45, 7) is 5.92. The molecule has 1 aliphatic carbocycles. The maximum Gasteiger partial charge on any atom is 0.315 e. The van der Waals surface area contributed by atoms with E-state index in [0.717, 1.165) is 31.3 Å². The SMILES string of the molecule is C=C(C)CNC(=O)NC1(CC(=O)O)CCCC1. The summed E-state index contributed by atoms with van der Waals surface area (Å²) in [6.07, 6.45) is 3.40. The Labute approximate surface area is 101 Å². The second-order valence-electron chi connectivity index (χ2n) is 4.82. The van der Waals surface area contributed by atoms with E-state index in [-0.39, 0.29) is 12.5 Å². The molecule has 1 saturated carbocycles. The average Bonchev–Trinajstić information content (AvgIpc) is 2.62. The Hall–Kier alpha value is -1.52. The molecule has 5 nitrogen and oxygen atoms in total. The van der Waals surface area contributed by atoms with Gasteiger partial charge in [-0.25, -0.2) is 4.79 Å². The molecule has 0 aromatic rings. The first-order chi connectivity index (χ1) is 7.93. The van der Waals surface area contributed by atoms with Crippen LogP contribution in [-0.4, -0.2) is 29.2 Å². The topological polar surface area (TPSA) is 78.4 Å². The Balaban J connectivity index is 2.51. The van der Waals surface area contributed by atoms with Gasteiger partial charge >= 0.3 is 12.0 Å². The van der Waals surface area contributed by atoms with Gasteiger partial charge in [-0.2, -0.15) is 0 Å². The van der Waals surface area contributed by atoms with Crippen LogP contribution in [-0.2, 0) is 4.79 Å². The number of amides is 2. The molecule has 0 unspecified atom stereocenters. The first-order valence-electron chi connectivity index (χ1n) is 5.86. The van der Waals surface area contributed by atoms with Crippen molar-refractivity contribution in [3.63, 3.8) is 0 Å². The summed E-state index contributed by atoms with van der Waals surface area (Å²) in [5, 5.41) is 14.4. The van der Waals surface area contributed by atoms with Crippen LogP contribution in [0.15, 0.2) is 12.2 Å². The molecular formula is C12H20N2O3. The largest absolute Gasteiger partial charge is 0.481 e. The van der Waals surface area contributed by atoms with Crippen molar-refractivity contribution in [3.8, 4) is 0 Å². The zero-order valence-electron chi connectivity index (χ0n) is 10.2. The summed E-state index contributed by atoms with van der Waals surface area (Å²) in [6, 6.07) is -0.309. The van der Waals surface area contributed by atoms with Crippen LogP contribution in [0.4, 0.5) is 4.79 Å². The van der Waals surface area contributed by atoms with Gasteiger partial charge in [0.1, 0.15) is 0 Å². The summed E-state index contributed by atoms with van der Waals surface area (Å²) >= 11 is 0. The Morgan fingerprint density at radius 3 is 2.41 bits per heavy atom. The van der Waals surface area contributed by atoms with E-state index in [1.54, 1.807) is 0 Å². The van der Waals surface area contributed by atoms with Crippen LogP contribution in [0.1, 0.15) is 39.0 Å². The van der Waals surface area contributed by atoms with Gasteiger partial charge in [0.15, 0.2) is 0 Å². The molecule has 0 spiro atoms. The molecule has 96 valence electrons. The zero-order valence-corrected chi connectivity index (χ0v) is 10.2. The molecule has 0 aliphatic heterocycles. The fourth-order valence-corrected chi connectivity index (χ4v) is 2.20. The van der Waals surface area contributed by atoms with Crippen LogP contribution >= 0.6 is 0 Å². The van der Waals surface area contributed by atoms with Crippen LogP contribution in [0.25, 0.3) is 0 Å². The van der Waals surface area contributed by atoms with Gasteiger partial charge in [0.25, 0.3) is 0 Å². The lowest BCUT2D eigenvalue weighted by molar-refractivity contribution is -0.138. The van der Waals surface area contributed by atoms with Crippen molar-refractivity contribution >= 4 is 12.0 Å². The highest BCUT2D eigenvalue weighted by Gasteiger charge is 2.37. The highest BCUT2D eigenvalue weighted by molar-refractivity contribution is 5.77. The molecule has 0 bridgehead atoms. The second-order valence-corrected chi connectivity index (χ2v) is 4.82. The van der Waals surface area contributed by atoms with Crippen molar-refractivity contribution in [1.82, 2.24) is 10.6 Å². The van der Waals surface area contributed by atoms with E-state index in [1.807, 2.05) is 6.92 Å². The van der Waals surface area contributed by atoms with E-state index in [4.69, 9.17) is 5.11 Å². The number of carboxylic acid groups (broad SMARTS) is 1. The van der Waals surface area contributed by atoms with E-state index >= 15 is 0 Å². The number of hydrogen-bond donors (Lipinski definition) is 3. The van der Waals surface area contributed by atoms with Crippen molar-refractivity contribution in [1.29, 1.82) is 0 Å². The maximum absolute atomic E-state index is 11.6. The van der Waals surface area contributed by atoms with Gasteiger partial charge in [0.05, 0.1) is 12.0 Å². The fourth-order valence-electron chi connectivity index (χ4n) is 2.20. The van der Waals surface area contributed by atoms with Crippen molar-refractivity contribution in [2.75, 3.05) is 6.54 Å². The number of hydrogen-bond acceptors (Lipinski definition) is 2. The van der Waals surface area contributed by atoms with Crippen LogP contribution in [0.3, 0.4) is 0 Å². The minimum Gasteiger partial charge on any atom is -0.481 e. The number of rotatable bonds is 5. The molecule has 0 saturated heterocycles. The summed E-state index contributed by atoms with van der Waals surface area (Å²) in [5.74, 6) is -0.868. The first kappa shape index (κ1) is 13.5. The Kier molecular flexibility index (Phi) is 4.54. The fraction of sp³-hybridized carbons (Fsp3) is 0.667. The molecule has 5 heteroatoms. The second kappa shape index (κ2) is 5.70. The third kappa shape index (κ3) is 4.46. The Bertz CT molecular complexity index is 320. The van der Waals surface area contributed by atoms with Crippen molar-refractivity contribution in [2.45, 2.75) is 44.6 Å². The number of carbonyl (C=O) groups excluding carboxylic acids is 1. The lowest BCUT2D eigenvalue weighted by Gasteiger charge is -2.28. The summed E-state index contributed by atoms with van der Waals surface area (Å²) in [5.41, 5.74) is 0.296. The molecule has 0 radical (unpaired) electrons. The molecule has 0 aromatic heterocycles. The lowest BCUT2D eigenvalue weighted by atomic mass is 9.93. The zero-order chi connectivity index (χ0) is 12.9. The van der Waals surface area contributed by atoms with E-state index in [0.29, 0.717) is 6.54 Å². The van der Waals surface area contributed by atoms with E-state index < -0.39 is 11.5 Å². The van der Waals surface area contributed by atoms with Gasteiger partial charge in [0.2, 0.25) is 0 Å². The first-order valence-corrected chi connectivity index (χ1v) is 5.86. The molecule has 1 aliphatic rings. The van der Waals surface area contributed by atoms with E-state index in [9.17, 15) is 9.59 Å². The predicted molar refractivity (Wildman–Crippen MR) is 64.8 cm³/mol. The molecule has 0 aromatic carbocycles. The Morgan fingerprint density at radius 1 is 1.35 bits per heavy atom. The highest BCUT2D eigenvalue weighted by Crippen LogP contribution is 2.32. The monoisotopic (exact) mass is 240 g/mol. The molecular weight excluding hydrogens is 220 g/mol. The van der Waals surface area contributed by atoms with Gasteiger partial charge < -0.3 is 15.7 Å². The van der Waals surface area contributed by atoms with Gasteiger partial charge in [-0.05, 0) is 19.8 Å². The number of carbonyl (C=O) groups is 2. The summed E-state index contributed by atoms with van der Waals surface area (Å²) in [7, 11) is 0. The minimum atomic E-state index is -0.868. The number of carboxylic acids is 1. The van der Waals surface area contributed by atoms with Gasteiger partial charge in [0, 0.05) is 6.54 Å². The predicted octanol–water partition coefficient (Wildman–Crippen LogP) is 1.65. The standard InChI is InChI=1S/C12H20N2O3/c1-9(2)8-13-11(17)14-12(7-10(15)16)5-3-4-6-12/h1,3-8H2,2H3,(H,15,16)(H2,13,14,17). The number of aliphatic carboxylic acids is 1. The average molecular weight is 240 g/mol. The normalized spacial score (nSPS) is 17.5. The number of nitrogens with one attached hydrogen (secondary N) is 2. The Morgan fingerprint density at radius 2 is 1.94 bits per heavy atom. The summed E-state index contributed by atoms with van der Waals surface area (Å²) in [4.78, 5) is 22.5. The maximum atomic E-state index is 11.6. The van der Waals surface area contributed by atoms with Crippen LogP contribution in [0, 0.1) is 0 Å². The highest BCUT2D eigenvalue weighted by atomic mass is 16.4. The third-order valence-corrected chi connectivity index (χ3v) is 2.98. The van der Waals surface area contributed by atoms with Crippen molar-refractivity contribution in [3.05, 3.63) is 12.2 Å². The molecule has 1 fully saturated rings.